The molecule has 0 bridgehead atoms. The number of para-hydroxylation sites is 3. The van der Waals surface area contributed by atoms with Gasteiger partial charge in [0, 0.05) is 24.7 Å². The molecule has 26 heavy (non-hydrogen) atoms. The first-order valence-electron chi connectivity index (χ1n) is 9.33. The van der Waals surface area contributed by atoms with Gasteiger partial charge in [0.1, 0.15) is 5.82 Å². The van der Waals surface area contributed by atoms with Gasteiger partial charge in [-0.1, -0.05) is 37.3 Å². The fourth-order valence-corrected chi connectivity index (χ4v) is 3.96. The molecular weight excluding hydrogens is 340 g/mol. The molecule has 2 heterocycles. The summed E-state index contributed by atoms with van der Waals surface area (Å²) in [5.41, 5.74) is 4.60. The van der Waals surface area contributed by atoms with Crippen molar-refractivity contribution in [2.45, 2.75) is 32.1 Å². The van der Waals surface area contributed by atoms with Gasteiger partial charge in [0.2, 0.25) is 0 Å². The molecule has 3 aromatic rings. The number of hydrogen-bond donors (Lipinski definition) is 2. The largest absolute Gasteiger partial charge is 0.349 e. The van der Waals surface area contributed by atoms with E-state index in [2.05, 4.69) is 58.5 Å². The molecule has 1 fully saturated rings. The number of imidazole rings is 1. The first kappa shape index (κ1) is 17.0. The summed E-state index contributed by atoms with van der Waals surface area (Å²) >= 11 is 5.66. The number of rotatable bonds is 3. The van der Waals surface area contributed by atoms with Crippen LogP contribution in [0.3, 0.4) is 0 Å². The molecule has 4 nitrogen and oxygen atoms in total. The van der Waals surface area contributed by atoms with E-state index in [0.29, 0.717) is 5.92 Å². The highest BCUT2D eigenvalue weighted by molar-refractivity contribution is 7.80. The molecule has 1 aliphatic rings. The molecule has 1 aromatic heterocycles. The Balaban J connectivity index is 1.39. The van der Waals surface area contributed by atoms with E-state index in [1.54, 1.807) is 0 Å². The lowest BCUT2D eigenvalue weighted by atomic mass is 9.96. The number of aromatic nitrogens is 2. The van der Waals surface area contributed by atoms with Crippen molar-refractivity contribution in [3.8, 4) is 0 Å². The molecule has 5 heteroatoms. The van der Waals surface area contributed by atoms with Crippen molar-refractivity contribution >= 4 is 34.1 Å². The van der Waals surface area contributed by atoms with Crippen LogP contribution in [-0.4, -0.2) is 33.1 Å². The van der Waals surface area contributed by atoms with Crippen molar-refractivity contribution in [3.05, 3.63) is 59.9 Å². The molecule has 2 N–H and O–H groups in total. The van der Waals surface area contributed by atoms with E-state index in [1.165, 1.54) is 5.56 Å². The smallest absolute Gasteiger partial charge is 0.173 e. The van der Waals surface area contributed by atoms with Crippen molar-refractivity contribution in [1.82, 2.24) is 14.9 Å². The third kappa shape index (κ3) is 3.44. The normalized spacial score (nSPS) is 15.3. The number of thiocarbonyl (C=S) groups is 1. The Bertz CT molecular complexity index is 876. The van der Waals surface area contributed by atoms with Crippen LogP contribution in [0, 0.1) is 0 Å². The number of anilines is 1. The molecule has 1 saturated heterocycles. The minimum atomic E-state index is 0.476. The van der Waals surface area contributed by atoms with E-state index in [9.17, 15) is 0 Å². The van der Waals surface area contributed by atoms with Gasteiger partial charge in [-0.25, -0.2) is 4.98 Å². The number of aryl methyl sites for hydroxylation is 1. The Hall–Kier alpha value is -2.40. The quantitative estimate of drug-likeness (QED) is 0.661. The standard InChI is InChI=1S/C21H24N4S/c1-2-15-7-3-4-8-17(15)24-21(26)25-13-11-16(12-14-25)20-22-18-9-5-6-10-19(18)23-20/h3-10,16H,2,11-14H2,1H3,(H,22,23)(H,24,26). The van der Waals surface area contributed by atoms with Crippen LogP contribution < -0.4 is 5.32 Å². The summed E-state index contributed by atoms with van der Waals surface area (Å²) in [6.45, 7) is 4.09. The fourth-order valence-electron chi connectivity index (χ4n) is 3.67. The molecule has 0 unspecified atom stereocenters. The summed E-state index contributed by atoms with van der Waals surface area (Å²) in [7, 11) is 0. The highest BCUT2D eigenvalue weighted by Gasteiger charge is 2.24. The summed E-state index contributed by atoms with van der Waals surface area (Å²) in [4.78, 5) is 10.5. The molecule has 0 saturated carbocycles. The zero-order valence-corrected chi connectivity index (χ0v) is 15.9. The van der Waals surface area contributed by atoms with Crippen LogP contribution in [0.2, 0.25) is 0 Å². The van der Waals surface area contributed by atoms with Crippen molar-refractivity contribution in [2.24, 2.45) is 0 Å². The van der Waals surface area contributed by atoms with E-state index in [-0.39, 0.29) is 0 Å². The minimum Gasteiger partial charge on any atom is -0.349 e. The number of H-pyrrole nitrogens is 1. The van der Waals surface area contributed by atoms with E-state index >= 15 is 0 Å². The number of aromatic amines is 1. The molecular formula is C21H24N4S. The van der Waals surface area contributed by atoms with E-state index in [4.69, 9.17) is 17.2 Å². The minimum absolute atomic E-state index is 0.476. The Morgan fingerprint density at radius 1 is 1.15 bits per heavy atom. The Labute approximate surface area is 159 Å². The van der Waals surface area contributed by atoms with E-state index in [1.807, 2.05) is 12.1 Å². The monoisotopic (exact) mass is 364 g/mol. The van der Waals surface area contributed by atoms with E-state index < -0.39 is 0 Å². The van der Waals surface area contributed by atoms with Crippen LogP contribution in [-0.2, 0) is 6.42 Å². The average Bonchev–Trinajstić information content (AvgIpc) is 3.13. The first-order valence-corrected chi connectivity index (χ1v) is 9.74. The summed E-state index contributed by atoms with van der Waals surface area (Å²) in [6.07, 6.45) is 3.13. The number of nitrogens with one attached hydrogen (secondary N) is 2. The van der Waals surface area contributed by atoms with Crippen molar-refractivity contribution in [1.29, 1.82) is 0 Å². The van der Waals surface area contributed by atoms with Gasteiger partial charge < -0.3 is 15.2 Å². The maximum atomic E-state index is 5.66. The van der Waals surface area contributed by atoms with Crippen molar-refractivity contribution in [2.75, 3.05) is 18.4 Å². The predicted molar refractivity (Wildman–Crippen MR) is 112 cm³/mol. The van der Waals surface area contributed by atoms with Crippen LogP contribution in [0.15, 0.2) is 48.5 Å². The second-order valence-electron chi connectivity index (χ2n) is 6.84. The second-order valence-corrected chi connectivity index (χ2v) is 7.23. The maximum absolute atomic E-state index is 5.66. The SMILES string of the molecule is CCc1ccccc1NC(=S)N1CCC(c2nc3ccccc3[nH]2)CC1. The van der Waals surface area contributed by atoms with Crippen LogP contribution in [0.4, 0.5) is 5.69 Å². The molecule has 0 radical (unpaired) electrons. The highest BCUT2D eigenvalue weighted by Crippen LogP contribution is 2.28. The number of nitrogens with zero attached hydrogens (tertiary/aromatic N) is 2. The van der Waals surface area contributed by atoms with Gasteiger partial charge in [-0.3, -0.25) is 0 Å². The topological polar surface area (TPSA) is 44.0 Å². The summed E-state index contributed by atoms with van der Waals surface area (Å²) in [6, 6.07) is 16.6. The maximum Gasteiger partial charge on any atom is 0.173 e. The molecule has 0 aliphatic carbocycles. The van der Waals surface area contributed by atoms with Gasteiger partial charge in [0.05, 0.1) is 11.0 Å². The molecule has 2 aromatic carbocycles. The van der Waals surface area contributed by atoms with Gasteiger partial charge in [0.25, 0.3) is 0 Å². The average molecular weight is 365 g/mol. The molecule has 0 atom stereocenters. The van der Waals surface area contributed by atoms with Crippen LogP contribution in [0.5, 0.6) is 0 Å². The third-order valence-corrected chi connectivity index (χ3v) is 5.58. The van der Waals surface area contributed by atoms with Gasteiger partial charge in [-0.15, -0.1) is 0 Å². The molecule has 1 aliphatic heterocycles. The summed E-state index contributed by atoms with van der Waals surface area (Å²) in [5.74, 6) is 1.59. The Kier molecular flexibility index (Phi) is 4.89. The zero-order valence-electron chi connectivity index (χ0n) is 15.0. The number of benzene rings is 2. The zero-order chi connectivity index (χ0) is 17.9. The summed E-state index contributed by atoms with van der Waals surface area (Å²) < 4.78 is 0. The van der Waals surface area contributed by atoms with Gasteiger partial charge in [-0.2, -0.15) is 0 Å². The first-order chi connectivity index (χ1) is 12.7. The van der Waals surface area contributed by atoms with Gasteiger partial charge >= 0.3 is 0 Å². The molecule has 0 amide bonds. The lowest BCUT2D eigenvalue weighted by Gasteiger charge is -2.33. The van der Waals surface area contributed by atoms with Crippen LogP contribution >= 0.6 is 12.2 Å². The summed E-state index contributed by atoms with van der Waals surface area (Å²) in [5, 5.41) is 4.27. The number of likely N-dealkylation sites (tertiary alicyclic amines) is 1. The van der Waals surface area contributed by atoms with Gasteiger partial charge in [0.15, 0.2) is 5.11 Å². The lowest BCUT2D eigenvalue weighted by molar-refractivity contribution is 0.311. The van der Waals surface area contributed by atoms with Crippen molar-refractivity contribution in [3.63, 3.8) is 0 Å². The van der Waals surface area contributed by atoms with Crippen LogP contribution in [0.1, 0.15) is 37.1 Å². The van der Waals surface area contributed by atoms with Crippen LogP contribution in [0.25, 0.3) is 11.0 Å². The number of hydrogen-bond acceptors (Lipinski definition) is 2. The number of fused-ring (bicyclic) bond motifs is 1. The van der Waals surface area contributed by atoms with Crippen molar-refractivity contribution < 1.29 is 0 Å². The number of piperidine rings is 1. The Morgan fingerprint density at radius 3 is 2.65 bits per heavy atom. The molecule has 0 spiro atoms. The van der Waals surface area contributed by atoms with E-state index in [0.717, 1.165) is 60.0 Å². The predicted octanol–water partition coefficient (Wildman–Crippen LogP) is 4.70. The molecule has 4 rings (SSSR count). The Morgan fingerprint density at radius 2 is 1.88 bits per heavy atom. The molecule has 134 valence electrons. The highest BCUT2D eigenvalue weighted by atomic mass is 32.1. The fraction of sp³-hybridized carbons (Fsp3) is 0.333. The van der Waals surface area contributed by atoms with Gasteiger partial charge in [-0.05, 0) is 55.2 Å². The third-order valence-electron chi connectivity index (χ3n) is 5.22. The second kappa shape index (κ2) is 7.46. The lowest BCUT2D eigenvalue weighted by Crippen LogP contribution is -2.40.